The van der Waals surface area contributed by atoms with E-state index in [9.17, 15) is 4.79 Å². The quantitative estimate of drug-likeness (QED) is 0.876. The molecule has 0 aliphatic rings. The summed E-state index contributed by atoms with van der Waals surface area (Å²) < 4.78 is 0. The number of carbonyl (C=O) groups is 1. The fourth-order valence-electron chi connectivity index (χ4n) is 1.76. The van der Waals surface area contributed by atoms with E-state index in [1.165, 1.54) is 0 Å². The first kappa shape index (κ1) is 14.0. The summed E-state index contributed by atoms with van der Waals surface area (Å²) >= 11 is 0. The number of nitrogens with one attached hydrogen (secondary N) is 2. The minimum absolute atomic E-state index is 0.210. The van der Waals surface area contributed by atoms with Crippen molar-refractivity contribution in [1.82, 2.24) is 9.97 Å². The van der Waals surface area contributed by atoms with Gasteiger partial charge in [0.1, 0.15) is 11.6 Å². The number of aromatic nitrogens is 2. The number of hydrogen-bond acceptors (Lipinski definition) is 4. The Balaban J connectivity index is 2.19. The van der Waals surface area contributed by atoms with Crippen LogP contribution in [0.3, 0.4) is 0 Å². The van der Waals surface area contributed by atoms with Crippen LogP contribution in [0.2, 0.25) is 0 Å². The van der Waals surface area contributed by atoms with Gasteiger partial charge in [-0.3, -0.25) is 4.79 Å². The van der Waals surface area contributed by atoms with E-state index in [0.717, 1.165) is 18.5 Å². The van der Waals surface area contributed by atoms with Crippen molar-refractivity contribution in [2.75, 3.05) is 17.2 Å². The second-order valence-electron chi connectivity index (χ2n) is 4.45. The summed E-state index contributed by atoms with van der Waals surface area (Å²) in [6, 6.07) is 7.24. The normalized spacial score (nSPS) is 10.1. The molecule has 2 heterocycles. The van der Waals surface area contributed by atoms with Gasteiger partial charge in [0.15, 0.2) is 0 Å². The molecule has 0 fully saturated rings. The van der Waals surface area contributed by atoms with Crippen LogP contribution in [0.1, 0.15) is 29.3 Å². The highest BCUT2D eigenvalue weighted by Crippen LogP contribution is 2.15. The summed E-state index contributed by atoms with van der Waals surface area (Å²) in [6.07, 6.45) is 4.29. The Labute approximate surface area is 118 Å². The Morgan fingerprint density at radius 3 is 2.55 bits per heavy atom. The van der Waals surface area contributed by atoms with Gasteiger partial charge in [-0.15, -0.1) is 0 Å². The molecule has 0 saturated carbocycles. The molecule has 0 aromatic carbocycles. The van der Waals surface area contributed by atoms with Gasteiger partial charge in [0.25, 0.3) is 5.91 Å². The Bertz CT molecular complexity index is 598. The van der Waals surface area contributed by atoms with E-state index < -0.39 is 0 Å². The lowest BCUT2D eigenvalue weighted by Crippen LogP contribution is -2.17. The number of hydrogen-bond donors (Lipinski definition) is 2. The molecule has 2 aromatic heterocycles. The third-order valence-electron chi connectivity index (χ3n) is 2.84. The molecular weight excluding hydrogens is 252 g/mol. The summed E-state index contributed by atoms with van der Waals surface area (Å²) in [4.78, 5) is 20.7. The number of amides is 1. The SMILES string of the molecule is CCCNc1ncccc1C(=O)Nc1ncccc1C. The molecule has 0 bridgehead atoms. The van der Waals surface area contributed by atoms with Crippen LogP contribution in [0.15, 0.2) is 36.7 Å². The molecule has 2 rings (SSSR count). The molecule has 0 spiro atoms. The zero-order chi connectivity index (χ0) is 14.4. The maximum atomic E-state index is 12.3. The third kappa shape index (κ3) is 3.32. The van der Waals surface area contributed by atoms with Crippen molar-refractivity contribution in [3.05, 3.63) is 47.8 Å². The van der Waals surface area contributed by atoms with Crippen LogP contribution < -0.4 is 10.6 Å². The standard InChI is InChI=1S/C15H18N4O/c1-3-8-16-14-12(7-5-10-18-14)15(20)19-13-11(2)6-4-9-17-13/h4-7,9-10H,3,8H2,1-2H3,(H,16,18)(H,17,19,20). The van der Waals surface area contributed by atoms with E-state index in [-0.39, 0.29) is 5.91 Å². The van der Waals surface area contributed by atoms with Crippen molar-refractivity contribution < 1.29 is 4.79 Å². The predicted molar refractivity (Wildman–Crippen MR) is 79.9 cm³/mol. The van der Waals surface area contributed by atoms with Gasteiger partial charge >= 0.3 is 0 Å². The molecule has 0 atom stereocenters. The van der Waals surface area contributed by atoms with Crippen molar-refractivity contribution in [1.29, 1.82) is 0 Å². The van der Waals surface area contributed by atoms with Crippen molar-refractivity contribution in [2.45, 2.75) is 20.3 Å². The zero-order valence-electron chi connectivity index (χ0n) is 11.7. The summed E-state index contributed by atoms with van der Waals surface area (Å²) in [7, 11) is 0. The molecule has 0 aliphatic heterocycles. The van der Waals surface area contributed by atoms with Crippen molar-refractivity contribution in [3.63, 3.8) is 0 Å². The monoisotopic (exact) mass is 270 g/mol. The second kappa shape index (κ2) is 6.65. The molecule has 20 heavy (non-hydrogen) atoms. The highest BCUT2D eigenvalue weighted by molar-refractivity contribution is 6.07. The minimum atomic E-state index is -0.210. The van der Waals surface area contributed by atoms with Gasteiger partial charge in [-0.25, -0.2) is 9.97 Å². The first-order valence-electron chi connectivity index (χ1n) is 6.64. The Kier molecular flexibility index (Phi) is 4.65. The lowest BCUT2D eigenvalue weighted by atomic mass is 10.2. The fraction of sp³-hybridized carbons (Fsp3) is 0.267. The molecule has 0 aliphatic carbocycles. The van der Waals surface area contributed by atoms with Crippen LogP contribution in [0, 0.1) is 6.92 Å². The Morgan fingerprint density at radius 2 is 1.85 bits per heavy atom. The van der Waals surface area contributed by atoms with Crippen LogP contribution in [0.25, 0.3) is 0 Å². The van der Waals surface area contributed by atoms with Gasteiger partial charge in [0, 0.05) is 18.9 Å². The topological polar surface area (TPSA) is 66.9 Å². The van der Waals surface area contributed by atoms with E-state index in [4.69, 9.17) is 0 Å². The summed E-state index contributed by atoms with van der Waals surface area (Å²) in [6.45, 7) is 4.74. The summed E-state index contributed by atoms with van der Waals surface area (Å²) in [5.74, 6) is 0.960. The van der Waals surface area contributed by atoms with Gasteiger partial charge in [-0.2, -0.15) is 0 Å². The number of carbonyl (C=O) groups excluding carboxylic acids is 1. The van der Waals surface area contributed by atoms with Crippen molar-refractivity contribution in [3.8, 4) is 0 Å². The molecule has 104 valence electrons. The third-order valence-corrected chi connectivity index (χ3v) is 2.84. The van der Waals surface area contributed by atoms with E-state index in [0.29, 0.717) is 17.2 Å². The molecule has 0 saturated heterocycles. The maximum absolute atomic E-state index is 12.3. The second-order valence-corrected chi connectivity index (χ2v) is 4.45. The lowest BCUT2D eigenvalue weighted by Gasteiger charge is -2.11. The van der Waals surface area contributed by atoms with Gasteiger partial charge < -0.3 is 10.6 Å². The van der Waals surface area contributed by atoms with Crippen LogP contribution >= 0.6 is 0 Å². The van der Waals surface area contributed by atoms with Gasteiger partial charge in [0.05, 0.1) is 5.56 Å². The number of rotatable bonds is 5. The average molecular weight is 270 g/mol. The van der Waals surface area contributed by atoms with Crippen LogP contribution in [-0.2, 0) is 0 Å². The minimum Gasteiger partial charge on any atom is -0.369 e. The Morgan fingerprint density at radius 1 is 1.15 bits per heavy atom. The van der Waals surface area contributed by atoms with E-state index in [2.05, 4.69) is 27.5 Å². The summed E-state index contributed by atoms with van der Waals surface area (Å²) in [5, 5.41) is 5.97. The van der Waals surface area contributed by atoms with Crippen LogP contribution in [-0.4, -0.2) is 22.4 Å². The largest absolute Gasteiger partial charge is 0.369 e. The molecule has 1 amide bonds. The van der Waals surface area contributed by atoms with Crippen molar-refractivity contribution in [2.24, 2.45) is 0 Å². The highest BCUT2D eigenvalue weighted by Gasteiger charge is 2.13. The number of anilines is 2. The lowest BCUT2D eigenvalue weighted by molar-refractivity contribution is 0.102. The van der Waals surface area contributed by atoms with Gasteiger partial charge in [0.2, 0.25) is 0 Å². The molecule has 5 nitrogen and oxygen atoms in total. The molecular formula is C15H18N4O. The predicted octanol–water partition coefficient (Wildman–Crippen LogP) is 2.86. The van der Waals surface area contributed by atoms with Crippen LogP contribution in [0.5, 0.6) is 0 Å². The molecule has 0 radical (unpaired) electrons. The summed E-state index contributed by atoms with van der Waals surface area (Å²) in [5.41, 5.74) is 1.44. The number of nitrogens with zero attached hydrogens (tertiary/aromatic N) is 2. The molecule has 0 unspecified atom stereocenters. The highest BCUT2D eigenvalue weighted by atomic mass is 16.1. The first-order chi connectivity index (χ1) is 9.72. The van der Waals surface area contributed by atoms with E-state index in [1.807, 2.05) is 19.1 Å². The van der Waals surface area contributed by atoms with Gasteiger partial charge in [-0.05, 0) is 37.1 Å². The molecule has 2 N–H and O–H groups in total. The molecule has 5 heteroatoms. The smallest absolute Gasteiger partial charge is 0.260 e. The average Bonchev–Trinajstić information content (AvgIpc) is 2.47. The Hall–Kier alpha value is -2.43. The van der Waals surface area contributed by atoms with Crippen LogP contribution in [0.4, 0.5) is 11.6 Å². The number of pyridine rings is 2. The fourth-order valence-corrected chi connectivity index (χ4v) is 1.76. The van der Waals surface area contributed by atoms with E-state index in [1.54, 1.807) is 24.5 Å². The number of aryl methyl sites for hydroxylation is 1. The maximum Gasteiger partial charge on any atom is 0.260 e. The molecule has 2 aromatic rings. The van der Waals surface area contributed by atoms with Crippen molar-refractivity contribution >= 4 is 17.5 Å². The first-order valence-corrected chi connectivity index (χ1v) is 6.64. The zero-order valence-corrected chi connectivity index (χ0v) is 11.7. The van der Waals surface area contributed by atoms with Gasteiger partial charge in [-0.1, -0.05) is 13.0 Å². The van der Waals surface area contributed by atoms with E-state index >= 15 is 0 Å².